The molecule has 0 radical (unpaired) electrons. The Balaban J connectivity index is 2.74. The van der Waals surface area contributed by atoms with Gasteiger partial charge in [-0.2, -0.15) is 0 Å². The number of fused-ring (bicyclic) bond motifs is 1. The van der Waals surface area contributed by atoms with Crippen LogP contribution in [0.4, 0.5) is 0 Å². The van der Waals surface area contributed by atoms with E-state index in [0.717, 1.165) is 16.7 Å². The first-order valence-electron chi connectivity index (χ1n) is 4.28. The van der Waals surface area contributed by atoms with E-state index < -0.39 is 0 Å². The van der Waals surface area contributed by atoms with E-state index >= 15 is 0 Å². The zero-order chi connectivity index (χ0) is 9.26. The van der Waals surface area contributed by atoms with Crippen LogP contribution in [-0.4, -0.2) is 5.78 Å². The molecule has 2 aliphatic carbocycles. The van der Waals surface area contributed by atoms with Crippen molar-refractivity contribution in [3.63, 3.8) is 0 Å². The third-order valence-electron chi connectivity index (χ3n) is 2.17. The van der Waals surface area contributed by atoms with Gasteiger partial charge in [0.05, 0.1) is 0 Å². The van der Waals surface area contributed by atoms with E-state index in [-0.39, 0.29) is 5.78 Å². The van der Waals surface area contributed by atoms with Gasteiger partial charge in [0.2, 0.25) is 0 Å². The summed E-state index contributed by atoms with van der Waals surface area (Å²) >= 11 is 0. The summed E-state index contributed by atoms with van der Waals surface area (Å²) in [6, 6.07) is 13.7. The van der Waals surface area contributed by atoms with E-state index in [1.54, 1.807) is 6.92 Å². The van der Waals surface area contributed by atoms with Crippen LogP contribution in [0.25, 0.3) is 11.1 Å². The lowest BCUT2D eigenvalue weighted by atomic mass is 10.1. The molecule has 0 spiro atoms. The van der Waals surface area contributed by atoms with Gasteiger partial charge in [-0.15, -0.1) is 0 Å². The van der Waals surface area contributed by atoms with E-state index in [0.29, 0.717) is 0 Å². The largest absolute Gasteiger partial charge is 0.294 e. The van der Waals surface area contributed by atoms with E-state index in [4.69, 9.17) is 0 Å². The van der Waals surface area contributed by atoms with Crippen LogP contribution in [0.1, 0.15) is 17.3 Å². The summed E-state index contributed by atoms with van der Waals surface area (Å²) in [5, 5.41) is 0. The standard InChI is InChI=1S/C12H10O/c1-9(13)11-7-3-2-5-10-6-4-8-12(10)11/h2-8H,1H3. The summed E-state index contributed by atoms with van der Waals surface area (Å²) in [7, 11) is 0. The molecule has 2 rings (SSSR count). The summed E-state index contributed by atoms with van der Waals surface area (Å²) in [5.74, 6) is 0.118. The Labute approximate surface area is 77.4 Å². The molecule has 1 heteroatoms. The van der Waals surface area contributed by atoms with Gasteiger partial charge in [0, 0.05) is 5.56 Å². The number of carbonyl (C=O) groups is 1. The molecule has 0 aromatic rings. The molecule has 0 saturated heterocycles. The maximum atomic E-state index is 11.3. The Morgan fingerprint density at radius 3 is 2.46 bits per heavy atom. The Bertz CT molecular complexity index is 418. The molecule has 2 aliphatic rings. The van der Waals surface area contributed by atoms with Crippen molar-refractivity contribution >= 4 is 5.78 Å². The predicted molar refractivity (Wildman–Crippen MR) is 53.1 cm³/mol. The molecule has 13 heavy (non-hydrogen) atoms. The average Bonchev–Trinajstić information content (AvgIpc) is 2.44. The van der Waals surface area contributed by atoms with Crippen LogP contribution in [-0.2, 0) is 0 Å². The lowest BCUT2D eigenvalue weighted by molar-refractivity contribution is 0.101. The third kappa shape index (κ3) is 1.33. The smallest absolute Gasteiger partial charge is 0.160 e. The van der Waals surface area contributed by atoms with Crippen molar-refractivity contribution in [2.45, 2.75) is 6.92 Å². The normalized spacial score (nSPS) is 10.2. The fourth-order valence-electron chi connectivity index (χ4n) is 1.53. The number of carbonyl (C=O) groups excluding carboxylic acids is 1. The van der Waals surface area contributed by atoms with Crippen molar-refractivity contribution in [2.75, 3.05) is 0 Å². The van der Waals surface area contributed by atoms with Crippen LogP contribution in [0.3, 0.4) is 0 Å². The highest BCUT2D eigenvalue weighted by Crippen LogP contribution is 2.25. The Hall–Kier alpha value is -1.63. The molecule has 0 atom stereocenters. The minimum Gasteiger partial charge on any atom is -0.294 e. The lowest BCUT2D eigenvalue weighted by Crippen LogP contribution is -1.91. The van der Waals surface area contributed by atoms with Gasteiger partial charge in [-0.1, -0.05) is 42.5 Å². The second-order valence-corrected chi connectivity index (χ2v) is 3.08. The molecule has 0 saturated carbocycles. The van der Waals surface area contributed by atoms with Gasteiger partial charge >= 0.3 is 0 Å². The fourth-order valence-corrected chi connectivity index (χ4v) is 1.53. The number of ketones is 1. The van der Waals surface area contributed by atoms with Crippen molar-refractivity contribution in [1.82, 2.24) is 0 Å². The summed E-state index contributed by atoms with van der Waals surface area (Å²) in [5.41, 5.74) is 2.96. The lowest BCUT2D eigenvalue weighted by Gasteiger charge is -1.97. The van der Waals surface area contributed by atoms with Gasteiger partial charge in [-0.05, 0) is 18.1 Å². The van der Waals surface area contributed by atoms with Crippen molar-refractivity contribution < 1.29 is 4.79 Å². The molecule has 0 aromatic carbocycles. The topological polar surface area (TPSA) is 17.1 Å². The van der Waals surface area contributed by atoms with Gasteiger partial charge in [-0.3, -0.25) is 4.79 Å². The minimum atomic E-state index is 0.118. The fraction of sp³-hybridized carbons (Fsp3) is 0.0833. The molecule has 0 heterocycles. The zero-order valence-electron chi connectivity index (χ0n) is 7.45. The number of hydrogen-bond acceptors (Lipinski definition) is 1. The summed E-state index contributed by atoms with van der Waals surface area (Å²) in [6.07, 6.45) is 0. The van der Waals surface area contributed by atoms with Crippen LogP contribution >= 0.6 is 0 Å². The van der Waals surface area contributed by atoms with E-state index in [9.17, 15) is 4.79 Å². The summed E-state index contributed by atoms with van der Waals surface area (Å²) in [6.45, 7) is 1.60. The summed E-state index contributed by atoms with van der Waals surface area (Å²) < 4.78 is 0. The molecule has 0 unspecified atom stereocenters. The van der Waals surface area contributed by atoms with Gasteiger partial charge in [0.1, 0.15) is 0 Å². The quantitative estimate of drug-likeness (QED) is 0.601. The number of hydrogen-bond donors (Lipinski definition) is 0. The Morgan fingerprint density at radius 2 is 1.69 bits per heavy atom. The molecule has 0 bridgehead atoms. The van der Waals surface area contributed by atoms with Crippen molar-refractivity contribution in [2.24, 2.45) is 0 Å². The monoisotopic (exact) mass is 170 g/mol. The number of rotatable bonds is 1. The highest BCUT2D eigenvalue weighted by Gasteiger charge is 2.08. The Kier molecular flexibility index (Phi) is 1.85. The molecule has 0 aromatic heterocycles. The molecule has 64 valence electrons. The predicted octanol–water partition coefficient (Wildman–Crippen LogP) is 2.99. The molecule has 0 N–H and O–H groups in total. The molecular weight excluding hydrogens is 160 g/mol. The van der Waals surface area contributed by atoms with Crippen molar-refractivity contribution in [3.05, 3.63) is 48.0 Å². The van der Waals surface area contributed by atoms with Gasteiger partial charge in [0.25, 0.3) is 0 Å². The Morgan fingerprint density at radius 1 is 1.00 bits per heavy atom. The minimum absolute atomic E-state index is 0.118. The van der Waals surface area contributed by atoms with Crippen molar-refractivity contribution in [1.29, 1.82) is 0 Å². The first kappa shape index (κ1) is 7.99. The summed E-state index contributed by atoms with van der Waals surface area (Å²) in [4.78, 5) is 11.3. The number of Topliss-reactive ketones (excluding diaryl/α,β-unsaturated/α-hetero) is 1. The SMILES string of the molecule is CC(=O)c1ccccc2cccc1-2. The first-order chi connectivity index (χ1) is 6.29. The average molecular weight is 170 g/mol. The van der Waals surface area contributed by atoms with Crippen molar-refractivity contribution in [3.8, 4) is 11.1 Å². The van der Waals surface area contributed by atoms with Crippen LogP contribution in [0.2, 0.25) is 0 Å². The second kappa shape index (κ2) is 3.02. The maximum absolute atomic E-state index is 11.3. The second-order valence-electron chi connectivity index (χ2n) is 3.08. The maximum Gasteiger partial charge on any atom is 0.160 e. The first-order valence-corrected chi connectivity index (χ1v) is 4.28. The highest BCUT2D eigenvalue weighted by atomic mass is 16.1. The van der Waals surface area contributed by atoms with E-state index in [1.807, 2.05) is 42.5 Å². The van der Waals surface area contributed by atoms with Gasteiger partial charge < -0.3 is 0 Å². The molecule has 0 aliphatic heterocycles. The van der Waals surface area contributed by atoms with Gasteiger partial charge in [-0.25, -0.2) is 0 Å². The highest BCUT2D eigenvalue weighted by molar-refractivity contribution is 6.01. The molecule has 0 amide bonds. The van der Waals surface area contributed by atoms with Crippen LogP contribution in [0.5, 0.6) is 0 Å². The molecule has 1 nitrogen and oxygen atoms in total. The van der Waals surface area contributed by atoms with Gasteiger partial charge in [0.15, 0.2) is 5.78 Å². The zero-order valence-corrected chi connectivity index (χ0v) is 7.45. The van der Waals surface area contributed by atoms with E-state index in [2.05, 4.69) is 0 Å². The van der Waals surface area contributed by atoms with Crippen LogP contribution < -0.4 is 0 Å². The van der Waals surface area contributed by atoms with Crippen LogP contribution in [0, 0.1) is 0 Å². The third-order valence-corrected chi connectivity index (χ3v) is 2.17. The molecule has 0 fully saturated rings. The van der Waals surface area contributed by atoms with Crippen LogP contribution in [0.15, 0.2) is 42.5 Å². The van der Waals surface area contributed by atoms with E-state index in [1.165, 1.54) is 0 Å². The molecular formula is C12H10O.